The number of hydrogen-bond acceptors (Lipinski definition) is 4. The number of benzene rings is 2. The van der Waals surface area contributed by atoms with Crippen molar-refractivity contribution in [1.29, 1.82) is 10.7 Å². The average molecular weight is 308 g/mol. The summed E-state index contributed by atoms with van der Waals surface area (Å²) in [7, 11) is 0. The van der Waals surface area contributed by atoms with Gasteiger partial charge in [-0.2, -0.15) is 5.26 Å². The van der Waals surface area contributed by atoms with Gasteiger partial charge in [-0.05, 0) is 30.7 Å². The number of phenolic OH excluding ortho intramolecular Hbond substituents is 1. The smallest absolute Gasteiger partial charge is 0.261 e. The summed E-state index contributed by atoms with van der Waals surface area (Å²) in [6, 6.07) is 13.6. The number of nitrogens with zero attached hydrogens (tertiary/aromatic N) is 1. The number of aromatic hydroxyl groups is 1. The molecule has 0 unspecified atom stereocenters. The van der Waals surface area contributed by atoms with Gasteiger partial charge in [-0.3, -0.25) is 15.5 Å². The van der Waals surface area contributed by atoms with Gasteiger partial charge in [0.05, 0.1) is 17.2 Å². The number of aryl methyl sites for hydroxylation is 1. The van der Waals surface area contributed by atoms with Crippen LogP contribution in [0.2, 0.25) is 0 Å². The lowest BCUT2D eigenvalue weighted by molar-refractivity contribution is 0.0973. The van der Waals surface area contributed by atoms with Crippen molar-refractivity contribution < 1.29 is 9.90 Å². The molecule has 116 valence electrons. The van der Waals surface area contributed by atoms with Crippen molar-refractivity contribution in [2.45, 2.75) is 13.5 Å². The lowest BCUT2D eigenvalue weighted by Crippen LogP contribution is -2.39. The molecule has 2 rings (SSSR count). The normalized spacial score (nSPS) is 9.74. The quantitative estimate of drug-likeness (QED) is 0.514. The summed E-state index contributed by atoms with van der Waals surface area (Å²) in [5, 5.41) is 31.4. The monoisotopic (exact) mass is 308 g/mol. The second-order valence-electron chi connectivity index (χ2n) is 5.01. The molecule has 2 aromatic rings. The highest BCUT2D eigenvalue weighted by atomic mass is 16.3. The molecule has 2 aromatic carbocycles. The molecular formula is C17H16N4O2. The van der Waals surface area contributed by atoms with Gasteiger partial charge in [-0.25, -0.2) is 0 Å². The standard InChI is InChI=1S/C17H16N4O2/c1-11-2-4-12(5-3-11)10-20-17(19)21-16(23)14-8-13(9-18)6-7-15(14)22/h2-8,22H,10H2,1H3,(H3,19,20,21,23). The van der Waals surface area contributed by atoms with Gasteiger partial charge in [-0.15, -0.1) is 0 Å². The van der Waals surface area contributed by atoms with E-state index in [9.17, 15) is 9.90 Å². The number of guanidine groups is 1. The molecule has 0 fully saturated rings. The van der Waals surface area contributed by atoms with Crippen LogP contribution in [-0.4, -0.2) is 17.0 Å². The van der Waals surface area contributed by atoms with Gasteiger partial charge in [0.15, 0.2) is 5.96 Å². The lowest BCUT2D eigenvalue weighted by Gasteiger charge is -2.10. The first-order valence-corrected chi connectivity index (χ1v) is 6.92. The zero-order valence-corrected chi connectivity index (χ0v) is 12.6. The molecular weight excluding hydrogens is 292 g/mol. The topological polar surface area (TPSA) is 109 Å². The molecule has 0 radical (unpaired) electrons. The molecule has 6 heteroatoms. The van der Waals surface area contributed by atoms with Crippen LogP contribution < -0.4 is 10.6 Å². The number of rotatable bonds is 3. The van der Waals surface area contributed by atoms with E-state index in [-0.39, 0.29) is 22.8 Å². The molecule has 1 amide bonds. The number of carbonyl (C=O) groups is 1. The summed E-state index contributed by atoms with van der Waals surface area (Å²) >= 11 is 0. The molecule has 0 saturated carbocycles. The van der Waals surface area contributed by atoms with Gasteiger partial charge < -0.3 is 10.4 Å². The second-order valence-corrected chi connectivity index (χ2v) is 5.01. The van der Waals surface area contributed by atoms with E-state index < -0.39 is 5.91 Å². The molecule has 23 heavy (non-hydrogen) atoms. The predicted octanol–water partition coefficient (Wildman–Crippen LogP) is 2.03. The SMILES string of the molecule is Cc1ccc(CNC(=N)NC(=O)c2cc(C#N)ccc2O)cc1. The predicted molar refractivity (Wildman–Crippen MR) is 86.0 cm³/mol. The molecule has 0 bridgehead atoms. The van der Waals surface area contributed by atoms with Gasteiger partial charge in [0, 0.05) is 6.54 Å². The van der Waals surface area contributed by atoms with E-state index in [1.54, 1.807) is 0 Å². The van der Waals surface area contributed by atoms with Crippen LogP contribution in [-0.2, 0) is 6.54 Å². The van der Waals surface area contributed by atoms with Crippen molar-refractivity contribution >= 4 is 11.9 Å². The molecule has 0 spiro atoms. The maximum atomic E-state index is 12.0. The Bertz CT molecular complexity index is 776. The Morgan fingerprint density at radius 3 is 2.61 bits per heavy atom. The van der Waals surface area contributed by atoms with E-state index in [1.807, 2.05) is 37.3 Å². The van der Waals surface area contributed by atoms with Crippen LogP contribution in [0.1, 0.15) is 27.0 Å². The van der Waals surface area contributed by atoms with Crippen LogP contribution >= 0.6 is 0 Å². The Labute approximate surface area is 133 Å². The fourth-order valence-corrected chi connectivity index (χ4v) is 1.91. The Morgan fingerprint density at radius 1 is 1.26 bits per heavy atom. The van der Waals surface area contributed by atoms with Crippen LogP contribution in [0.15, 0.2) is 42.5 Å². The average Bonchev–Trinajstić information content (AvgIpc) is 2.54. The van der Waals surface area contributed by atoms with E-state index in [0.717, 1.165) is 11.1 Å². The Hall–Kier alpha value is -3.33. The largest absolute Gasteiger partial charge is 0.507 e. The summed E-state index contributed by atoms with van der Waals surface area (Å²) < 4.78 is 0. The molecule has 0 saturated heterocycles. The van der Waals surface area contributed by atoms with Crippen molar-refractivity contribution in [2.75, 3.05) is 0 Å². The zero-order chi connectivity index (χ0) is 16.8. The van der Waals surface area contributed by atoms with Crippen LogP contribution in [0.5, 0.6) is 5.75 Å². The van der Waals surface area contributed by atoms with E-state index in [0.29, 0.717) is 6.54 Å². The highest BCUT2D eigenvalue weighted by Gasteiger charge is 2.13. The summed E-state index contributed by atoms with van der Waals surface area (Å²) in [6.07, 6.45) is 0. The third kappa shape index (κ3) is 4.32. The number of amides is 1. The molecule has 0 heterocycles. The fraction of sp³-hybridized carbons (Fsp3) is 0.118. The molecule has 0 aliphatic carbocycles. The minimum absolute atomic E-state index is 0.0501. The molecule has 0 aliphatic heterocycles. The number of carbonyl (C=O) groups excluding carboxylic acids is 1. The van der Waals surface area contributed by atoms with Crippen molar-refractivity contribution in [3.05, 3.63) is 64.7 Å². The number of hydrogen-bond donors (Lipinski definition) is 4. The Morgan fingerprint density at radius 2 is 1.96 bits per heavy atom. The first-order valence-electron chi connectivity index (χ1n) is 6.92. The van der Waals surface area contributed by atoms with E-state index in [1.165, 1.54) is 18.2 Å². The Kier molecular flexibility index (Phi) is 4.95. The zero-order valence-electron chi connectivity index (χ0n) is 12.6. The second kappa shape index (κ2) is 7.09. The van der Waals surface area contributed by atoms with Crippen molar-refractivity contribution in [3.8, 4) is 11.8 Å². The summed E-state index contributed by atoms with van der Waals surface area (Å²) in [4.78, 5) is 12.0. The van der Waals surface area contributed by atoms with Gasteiger partial charge in [-0.1, -0.05) is 29.8 Å². The first kappa shape index (κ1) is 16.0. The first-order chi connectivity index (χ1) is 11.0. The van der Waals surface area contributed by atoms with E-state index >= 15 is 0 Å². The van der Waals surface area contributed by atoms with Crippen LogP contribution in [0.4, 0.5) is 0 Å². The minimum atomic E-state index is -0.652. The number of nitriles is 1. The summed E-state index contributed by atoms with van der Waals surface area (Å²) in [6.45, 7) is 2.38. The minimum Gasteiger partial charge on any atom is -0.507 e. The van der Waals surface area contributed by atoms with Crippen LogP contribution in [0.3, 0.4) is 0 Å². The fourth-order valence-electron chi connectivity index (χ4n) is 1.91. The summed E-state index contributed by atoms with van der Waals surface area (Å²) in [5.41, 5.74) is 2.33. The number of phenols is 1. The molecule has 4 N–H and O–H groups in total. The number of nitrogens with one attached hydrogen (secondary N) is 3. The summed E-state index contributed by atoms with van der Waals surface area (Å²) in [5.74, 6) is -1.08. The maximum absolute atomic E-state index is 12.0. The molecule has 0 aliphatic rings. The third-order valence-corrected chi connectivity index (χ3v) is 3.20. The van der Waals surface area contributed by atoms with Gasteiger partial charge in [0.1, 0.15) is 5.75 Å². The highest BCUT2D eigenvalue weighted by Crippen LogP contribution is 2.17. The highest BCUT2D eigenvalue weighted by molar-refractivity contribution is 6.06. The molecule has 0 aromatic heterocycles. The Balaban J connectivity index is 1.96. The van der Waals surface area contributed by atoms with Crippen molar-refractivity contribution in [2.24, 2.45) is 0 Å². The molecule has 0 atom stereocenters. The van der Waals surface area contributed by atoms with Crippen molar-refractivity contribution in [1.82, 2.24) is 10.6 Å². The lowest BCUT2D eigenvalue weighted by atomic mass is 10.1. The van der Waals surface area contributed by atoms with E-state index in [4.69, 9.17) is 10.7 Å². The molecule has 6 nitrogen and oxygen atoms in total. The van der Waals surface area contributed by atoms with Gasteiger partial charge in [0.2, 0.25) is 0 Å². The van der Waals surface area contributed by atoms with E-state index in [2.05, 4.69) is 10.6 Å². The van der Waals surface area contributed by atoms with Crippen molar-refractivity contribution in [3.63, 3.8) is 0 Å². The third-order valence-electron chi connectivity index (χ3n) is 3.20. The maximum Gasteiger partial charge on any atom is 0.261 e. The van der Waals surface area contributed by atoms with Crippen LogP contribution in [0.25, 0.3) is 0 Å². The van der Waals surface area contributed by atoms with Gasteiger partial charge >= 0.3 is 0 Å². The van der Waals surface area contributed by atoms with Gasteiger partial charge in [0.25, 0.3) is 5.91 Å². The van der Waals surface area contributed by atoms with Crippen LogP contribution in [0, 0.1) is 23.7 Å².